The molecule has 4 aromatic carbocycles. The summed E-state index contributed by atoms with van der Waals surface area (Å²) in [6.45, 7) is 1.53. The van der Waals surface area contributed by atoms with Gasteiger partial charge in [-0.2, -0.15) is 0 Å². The molecule has 0 aliphatic rings. The van der Waals surface area contributed by atoms with Crippen LogP contribution in [0.25, 0.3) is 32.3 Å². The van der Waals surface area contributed by atoms with Crippen LogP contribution in [0.2, 0.25) is 0 Å². The van der Waals surface area contributed by atoms with Crippen LogP contribution in [-0.2, 0) is 6.42 Å². The Labute approximate surface area is 167 Å². The van der Waals surface area contributed by atoms with E-state index in [2.05, 4.69) is 68.8 Å². The van der Waals surface area contributed by atoms with E-state index >= 15 is 0 Å². The van der Waals surface area contributed by atoms with Gasteiger partial charge in [-0.25, -0.2) is 0 Å². The van der Waals surface area contributed by atoms with E-state index in [0.29, 0.717) is 0 Å². The molecule has 0 aromatic heterocycles. The Kier molecular flexibility index (Phi) is 5.59. The largest absolute Gasteiger partial charge is 0.394 e. The summed E-state index contributed by atoms with van der Waals surface area (Å²) in [4.78, 5) is 4.43. The number of aliphatic imine (C=N–C) groups is 1. The molecule has 0 saturated heterocycles. The minimum Gasteiger partial charge on any atom is -0.394 e. The maximum atomic E-state index is 9.64. The highest BCUT2D eigenvalue weighted by molar-refractivity contribution is 7.40. The summed E-state index contributed by atoms with van der Waals surface area (Å²) >= 11 is 0. The molecule has 3 nitrogen and oxygen atoms in total. The number of aliphatic hydroxyl groups excluding tert-OH is 2. The monoisotopic (exact) mass is 391 g/mol. The molecular formula is C24H26NO2P. The summed E-state index contributed by atoms with van der Waals surface area (Å²) in [5, 5.41) is 26.9. The first-order chi connectivity index (χ1) is 13.6. The van der Waals surface area contributed by atoms with Crippen LogP contribution in [0.15, 0.2) is 59.6 Å². The molecule has 0 spiro atoms. The second-order valence-electron chi connectivity index (χ2n) is 7.55. The van der Waals surface area contributed by atoms with E-state index < -0.39 is 12.1 Å². The molecule has 0 heterocycles. The van der Waals surface area contributed by atoms with Crippen molar-refractivity contribution in [3.63, 3.8) is 0 Å². The van der Waals surface area contributed by atoms with Gasteiger partial charge >= 0.3 is 0 Å². The summed E-state index contributed by atoms with van der Waals surface area (Å²) in [5.41, 5.74) is 2.26. The summed E-state index contributed by atoms with van der Waals surface area (Å²) in [5.74, 6) is 0. The van der Waals surface area contributed by atoms with Crippen LogP contribution in [0.3, 0.4) is 0 Å². The van der Waals surface area contributed by atoms with Crippen molar-refractivity contribution in [3.05, 3.63) is 60.2 Å². The molecule has 1 unspecified atom stereocenters. The predicted octanol–water partition coefficient (Wildman–Crippen LogP) is 4.92. The van der Waals surface area contributed by atoms with Crippen LogP contribution in [0.1, 0.15) is 25.3 Å². The summed E-state index contributed by atoms with van der Waals surface area (Å²) in [6, 6.07) is 19.4. The van der Waals surface area contributed by atoms with Gasteiger partial charge in [-0.3, -0.25) is 4.99 Å². The van der Waals surface area contributed by atoms with E-state index in [-0.39, 0.29) is 6.61 Å². The highest BCUT2D eigenvalue weighted by Crippen LogP contribution is 2.36. The highest BCUT2D eigenvalue weighted by atomic mass is 31.0. The number of aliphatic hydroxyl groups is 2. The molecule has 28 heavy (non-hydrogen) atoms. The molecule has 0 saturated carbocycles. The van der Waals surface area contributed by atoms with Gasteiger partial charge in [0.05, 0.1) is 18.8 Å². The van der Waals surface area contributed by atoms with Crippen molar-refractivity contribution in [1.29, 1.82) is 0 Å². The lowest BCUT2D eigenvalue weighted by Gasteiger charge is -2.15. The van der Waals surface area contributed by atoms with Gasteiger partial charge < -0.3 is 10.2 Å². The van der Waals surface area contributed by atoms with Gasteiger partial charge in [0, 0.05) is 5.45 Å². The molecule has 0 radical (unpaired) electrons. The first-order valence-electron chi connectivity index (χ1n) is 9.85. The third-order valence-corrected chi connectivity index (χ3v) is 6.01. The van der Waals surface area contributed by atoms with E-state index in [1.807, 2.05) is 0 Å². The molecule has 0 aliphatic carbocycles. The molecule has 0 fully saturated rings. The molecule has 0 amide bonds. The Hall–Kier alpha value is -2.06. The molecule has 0 aliphatic heterocycles. The van der Waals surface area contributed by atoms with Crippen LogP contribution < -0.4 is 0 Å². The zero-order valence-corrected chi connectivity index (χ0v) is 17.3. The molecule has 4 heteroatoms. The molecule has 4 rings (SSSR count). The Morgan fingerprint density at radius 2 is 1.61 bits per heavy atom. The molecule has 4 aromatic rings. The molecule has 2 N–H and O–H groups in total. The number of hydrogen-bond donors (Lipinski definition) is 2. The zero-order chi connectivity index (χ0) is 19.7. The first-order valence-corrected chi connectivity index (χ1v) is 10.4. The second-order valence-corrected chi connectivity index (χ2v) is 8.21. The number of rotatable bonds is 7. The summed E-state index contributed by atoms with van der Waals surface area (Å²) in [6.07, 6.45) is 2.14. The molecule has 0 bridgehead atoms. The van der Waals surface area contributed by atoms with Crippen molar-refractivity contribution in [1.82, 2.24) is 0 Å². The standard InChI is InChI=1S/C24H26NO2P/c1-15(27)21(14-26)25-22(28)7-3-4-16-8-9-19-11-10-17-5-2-6-18-12-13-20(16)24(19)23(17)18/h2,5-6,8-13,15,21,26-27H,3-4,7,14,28H2,1H3/t15-,21-/m0/s1. The fraction of sp³-hybridized carbons (Fsp3) is 0.292. The quantitative estimate of drug-likeness (QED) is 0.267. The Morgan fingerprint density at radius 3 is 2.29 bits per heavy atom. The summed E-state index contributed by atoms with van der Waals surface area (Å²) < 4.78 is 0. The van der Waals surface area contributed by atoms with Crippen LogP contribution >= 0.6 is 9.24 Å². The van der Waals surface area contributed by atoms with E-state index in [1.165, 1.54) is 37.9 Å². The fourth-order valence-electron chi connectivity index (χ4n) is 4.05. The predicted molar refractivity (Wildman–Crippen MR) is 123 cm³/mol. The number of benzene rings is 4. The van der Waals surface area contributed by atoms with E-state index in [4.69, 9.17) is 0 Å². The topological polar surface area (TPSA) is 52.8 Å². The Balaban J connectivity index is 1.60. The lowest BCUT2D eigenvalue weighted by molar-refractivity contribution is 0.125. The van der Waals surface area contributed by atoms with Crippen molar-refractivity contribution < 1.29 is 10.2 Å². The highest BCUT2D eigenvalue weighted by Gasteiger charge is 2.13. The molecule has 3 atom stereocenters. The third kappa shape index (κ3) is 3.63. The van der Waals surface area contributed by atoms with Crippen LogP contribution in [0, 0.1) is 0 Å². The first kappa shape index (κ1) is 19.3. The van der Waals surface area contributed by atoms with Crippen molar-refractivity contribution in [2.24, 2.45) is 4.99 Å². The van der Waals surface area contributed by atoms with Gasteiger partial charge in [0.25, 0.3) is 0 Å². The number of nitrogens with zero attached hydrogens (tertiary/aromatic N) is 1. The van der Waals surface area contributed by atoms with E-state index in [0.717, 1.165) is 24.7 Å². The average molecular weight is 391 g/mol. The third-order valence-electron chi connectivity index (χ3n) is 5.57. The minimum atomic E-state index is -0.641. The van der Waals surface area contributed by atoms with Gasteiger partial charge in [-0.05, 0) is 64.1 Å². The summed E-state index contributed by atoms with van der Waals surface area (Å²) in [7, 11) is 2.65. The molecule has 144 valence electrons. The lowest BCUT2D eigenvalue weighted by Crippen LogP contribution is -2.25. The maximum Gasteiger partial charge on any atom is 0.0989 e. The van der Waals surface area contributed by atoms with E-state index in [1.54, 1.807) is 6.92 Å². The van der Waals surface area contributed by atoms with Gasteiger partial charge in [0.1, 0.15) is 0 Å². The smallest absolute Gasteiger partial charge is 0.0989 e. The molecular weight excluding hydrogens is 365 g/mol. The minimum absolute atomic E-state index is 0.134. The SMILES string of the molecule is C[C@H](O)[C@H](CO)N=C(P)CCCc1ccc2ccc3cccc4ccc1c2c34. The average Bonchev–Trinajstić information content (AvgIpc) is 2.70. The second kappa shape index (κ2) is 8.13. The number of aryl methyl sites for hydroxylation is 1. The van der Waals surface area contributed by atoms with Crippen molar-refractivity contribution in [2.45, 2.75) is 38.3 Å². The van der Waals surface area contributed by atoms with Crippen molar-refractivity contribution >= 4 is 47.0 Å². The lowest BCUT2D eigenvalue weighted by atomic mass is 9.91. The van der Waals surface area contributed by atoms with Gasteiger partial charge in [-0.15, -0.1) is 0 Å². The van der Waals surface area contributed by atoms with Crippen molar-refractivity contribution in [3.8, 4) is 0 Å². The van der Waals surface area contributed by atoms with Gasteiger partial charge in [0.2, 0.25) is 0 Å². The fourth-order valence-corrected chi connectivity index (χ4v) is 4.45. The number of hydrogen-bond acceptors (Lipinski definition) is 3. The normalized spacial score (nSPS) is 14.9. The Bertz CT molecular complexity index is 1120. The van der Waals surface area contributed by atoms with Crippen LogP contribution in [0.4, 0.5) is 0 Å². The van der Waals surface area contributed by atoms with Gasteiger partial charge in [-0.1, -0.05) is 63.8 Å². The Morgan fingerprint density at radius 1 is 0.964 bits per heavy atom. The van der Waals surface area contributed by atoms with Gasteiger partial charge in [0.15, 0.2) is 0 Å². The van der Waals surface area contributed by atoms with Crippen molar-refractivity contribution in [2.75, 3.05) is 6.61 Å². The van der Waals surface area contributed by atoms with Crippen LogP contribution in [-0.4, -0.2) is 34.4 Å². The zero-order valence-electron chi connectivity index (χ0n) is 16.1. The maximum absolute atomic E-state index is 9.64. The van der Waals surface area contributed by atoms with E-state index in [9.17, 15) is 10.2 Å². The van der Waals surface area contributed by atoms with Crippen LogP contribution in [0.5, 0.6) is 0 Å².